The lowest BCUT2D eigenvalue weighted by Gasteiger charge is -2.33. The molecule has 5 heteroatoms. The molecule has 2 aromatic carbocycles. The Morgan fingerprint density at radius 2 is 1.84 bits per heavy atom. The summed E-state index contributed by atoms with van der Waals surface area (Å²) in [7, 11) is 0. The first-order valence-corrected chi connectivity index (χ1v) is 8.71. The molecule has 1 N–H and O–H groups in total. The van der Waals surface area contributed by atoms with Gasteiger partial charge in [0.25, 0.3) is 0 Å². The van der Waals surface area contributed by atoms with Crippen LogP contribution in [0.4, 0.5) is 15.8 Å². The number of piperidine rings is 1. The van der Waals surface area contributed by atoms with Crippen molar-refractivity contribution in [3.63, 3.8) is 0 Å². The van der Waals surface area contributed by atoms with Crippen LogP contribution in [-0.4, -0.2) is 25.6 Å². The number of hydrogen-bond acceptors (Lipinski definition) is 3. The van der Waals surface area contributed by atoms with Gasteiger partial charge in [-0.15, -0.1) is 0 Å². The van der Waals surface area contributed by atoms with Gasteiger partial charge in [-0.1, -0.05) is 24.3 Å². The molecule has 0 radical (unpaired) electrons. The van der Waals surface area contributed by atoms with E-state index >= 15 is 0 Å². The first-order chi connectivity index (χ1) is 12.2. The van der Waals surface area contributed by atoms with Gasteiger partial charge in [-0.3, -0.25) is 4.79 Å². The summed E-state index contributed by atoms with van der Waals surface area (Å²) in [5, 5.41) is 2.97. The van der Waals surface area contributed by atoms with Gasteiger partial charge in [-0.05, 0) is 44.0 Å². The van der Waals surface area contributed by atoms with Gasteiger partial charge in [0.15, 0.2) is 0 Å². The Morgan fingerprint density at radius 3 is 2.56 bits per heavy atom. The third kappa shape index (κ3) is 4.10. The van der Waals surface area contributed by atoms with Gasteiger partial charge in [-0.2, -0.15) is 0 Å². The molecule has 0 saturated carbocycles. The monoisotopic (exact) mass is 342 g/mol. The van der Waals surface area contributed by atoms with Crippen LogP contribution in [0, 0.1) is 11.7 Å². The normalized spacial score (nSPS) is 15.0. The Kier molecular flexibility index (Phi) is 5.53. The maximum atomic E-state index is 13.9. The highest BCUT2D eigenvalue weighted by molar-refractivity contribution is 5.94. The van der Waals surface area contributed by atoms with Crippen LogP contribution in [0.1, 0.15) is 19.8 Å². The molecular formula is C20H23FN2O2. The van der Waals surface area contributed by atoms with E-state index in [1.165, 1.54) is 6.07 Å². The molecule has 1 aliphatic heterocycles. The number of para-hydroxylation sites is 3. The van der Waals surface area contributed by atoms with Crippen molar-refractivity contribution >= 4 is 17.3 Å². The summed E-state index contributed by atoms with van der Waals surface area (Å²) >= 11 is 0. The Morgan fingerprint density at radius 1 is 1.16 bits per heavy atom. The van der Waals surface area contributed by atoms with Crippen molar-refractivity contribution in [1.82, 2.24) is 0 Å². The molecule has 0 aliphatic carbocycles. The maximum absolute atomic E-state index is 13.9. The van der Waals surface area contributed by atoms with Gasteiger partial charge in [0, 0.05) is 19.0 Å². The van der Waals surface area contributed by atoms with Gasteiger partial charge >= 0.3 is 0 Å². The van der Waals surface area contributed by atoms with E-state index in [1.54, 1.807) is 12.1 Å². The first kappa shape index (κ1) is 17.3. The molecule has 1 fully saturated rings. The fourth-order valence-electron chi connectivity index (χ4n) is 3.18. The van der Waals surface area contributed by atoms with E-state index in [9.17, 15) is 9.18 Å². The molecule has 1 amide bonds. The summed E-state index contributed by atoms with van der Waals surface area (Å²) in [6.07, 6.45) is 1.41. The second-order valence-corrected chi connectivity index (χ2v) is 6.13. The number of nitrogens with zero attached hydrogens (tertiary/aromatic N) is 1. The van der Waals surface area contributed by atoms with Crippen LogP contribution in [-0.2, 0) is 4.79 Å². The highest BCUT2D eigenvalue weighted by atomic mass is 19.1. The van der Waals surface area contributed by atoms with Crippen LogP contribution in [0.3, 0.4) is 0 Å². The van der Waals surface area contributed by atoms with E-state index in [2.05, 4.69) is 5.32 Å². The quantitative estimate of drug-likeness (QED) is 0.890. The van der Waals surface area contributed by atoms with Gasteiger partial charge in [0.2, 0.25) is 5.91 Å². The molecule has 2 aromatic rings. The van der Waals surface area contributed by atoms with Crippen molar-refractivity contribution in [3.8, 4) is 5.75 Å². The van der Waals surface area contributed by atoms with E-state index in [0.717, 1.165) is 0 Å². The second-order valence-electron chi connectivity index (χ2n) is 6.13. The lowest BCUT2D eigenvalue weighted by molar-refractivity contribution is -0.120. The molecule has 3 rings (SSSR count). The van der Waals surface area contributed by atoms with E-state index in [0.29, 0.717) is 49.7 Å². The second kappa shape index (κ2) is 8.01. The van der Waals surface area contributed by atoms with Crippen LogP contribution in [0.15, 0.2) is 48.5 Å². The number of amides is 1. The number of halogens is 1. The smallest absolute Gasteiger partial charge is 0.227 e. The summed E-state index contributed by atoms with van der Waals surface area (Å²) < 4.78 is 19.4. The fraction of sp³-hybridized carbons (Fsp3) is 0.350. The molecule has 132 valence electrons. The van der Waals surface area contributed by atoms with Crippen molar-refractivity contribution < 1.29 is 13.9 Å². The topological polar surface area (TPSA) is 41.6 Å². The Labute approximate surface area is 147 Å². The largest absolute Gasteiger partial charge is 0.492 e. The van der Waals surface area contributed by atoms with Gasteiger partial charge in [0.1, 0.15) is 11.6 Å². The van der Waals surface area contributed by atoms with Crippen molar-refractivity contribution in [2.75, 3.05) is 29.9 Å². The number of carbonyl (C=O) groups is 1. The molecular weight excluding hydrogens is 319 g/mol. The lowest BCUT2D eigenvalue weighted by Crippen LogP contribution is -2.38. The highest BCUT2D eigenvalue weighted by Gasteiger charge is 2.26. The predicted molar refractivity (Wildman–Crippen MR) is 97.6 cm³/mol. The number of ether oxygens (including phenoxy) is 1. The minimum Gasteiger partial charge on any atom is -0.492 e. The van der Waals surface area contributed by atoms with Crippen molar-refractivity contribution in [2.45, 2.75) is 19.8 Å². The molecule has 0 spiro atoms. The summed E-state index contributed by atoms with van der Waals surface area (Å²) in [4.78, 5) is 14.6. The standard InChI is InChI=1S/C20H23FN2O2/c1-2-25-19-10-6-4-8-17(19)22-20(24)15-11-13-23(14-12-15)18-9-5-3-7-16(18)21/h3-10,15H,2,11-14H2,1H3,(H,22,24). The molecule has 1 saturated heterocycles. The summed E-state index contributed by atoms with van der Waals surface area (Å²) in [6, 6.07) is 14.2. The summed E-state index contributed by atoms with van der Waals surface area (Å²) in [5.41, 5.74) is 1.31. The summed E-state index contributed by atoms with van der Waals surface area (Å²) in [5.74, 6) is 0.399. The molecule has 0 bridgehead atoms. The Hall–Kier alpha value is -2.56. The average Bonchev–Trinajstić information content (AvgIpc) is 2.64. The number of benzene rings is 2. The van der Waals surface area contributed by atoms with Crippen molar-refractivity contribution in [1.29, 1.82) is 0 Å². The first-order valence-electron chi connectivity index (χ1n) is 8.71. The SMILES string of the molecule is CCOc1ccccc1NC(=O)C1CCN(c2ccccc2F)CC1. The zero-order valence-corrected chi connectivity index (χ0v) is 14.4. The van der Waals surface area contributed by atoms with E-state index in [4.69, 9.17) is 4.74 Å². The van der Waals surface area contributed by atoms with E-state index < -0.39 is 0 Å². The van der Waals surface area contributed by atoms with E-state index in [1.807, 2.05) is 42.2 Å². The maximum Gasteiger partial charge on any atom is 0.227 e. The third-order valence-corrected chi connectivity index (χ3v) is 4.50. The van der Waals surface area contributed by atoms with E-state index in [-0.39, 0.29) is 17.6 Å². The zero-order chi connectivity index (χ0) is 17.6. The van der Waals surface area contributed by atoms with Crippen LogP contribution < -0.4 is 15.0 Å². The number of carbonyl (C=O) groups excluding carboxylic acids is 1. The third-order valence-electron chi connectivity index (χ3n) is 4.50. The molecule has 1 heterocycles. The minimum atomic E-state index is -0.212. The Bertz CT molecular complexity index is 727. The zero-order valence-electron chi connectivity index (χ0n) is 14.4. The Balaban J connectivity index is 1.60. The van der Waals surface area contributed by atoms with Crippen molar-refractivity contribution in [2.24, 2.45) is 5.92 Å². The highest BCUT2D eigenvalue weighted by Crippen LogP contribution is 2.28. The molecule has 4 nitrogen and oxygen atoms in total. The van der Waals surface area contributed by atoms with Gasteiger partial charge in [-0.25, -0.2) is 4.39 Å². The summed E-state index contributed by atoms with van der Waals surface area (Å²) in [6.45, 7) is 3.81. The molecule has 1 aliphatic rings. The van der Waals surface area contributed by atoms with Gasteiger partial charge < -0.3 is 15.0 Å². The molecule has 0 atom stereocenters. The molecule has 0 aromatic heterocycles. The number of rotatable bonds is 5. The number of anilines is 2. The van der Waals surface area contributed by atoms with Gasteiger partial charge in [0.05, 0.1) is 18.0 Å². The minimum absolute atomic E-state index is 0.000312. The predicted octanol–water partition coefficient (Wildman–Crippen LogP) is 4.08. The molecule has 25 heavy (non-hydrogen) atoms. The van der Waals surface area contributed by atoms with Crippen LogP contribution in [0.25, 0.3) is 0 Å². The number of nitrogens with one attached hydrogen (secondary N) is 1. The van der Waals surface area contributed by atoms with Crippen LogP contribution >= 0.6 is 0 Å². The fourth-order valence-corrected chi connectivity index (χ4v) is 3.18. The van der Waals surface area contributed by atoms with Crippen molar-refractivity contribution in [3.05, 3.63) is 54.3 Å². The molecule has 0 unspecified atom stereocenters. The van der Waals surface area contributed by atoms with Crippen LogP contribution in [0.5, 0.6) is 5.75 Å². The average molecular weight is 342 g/mol. The lowest BCUT2D eigenvalue weighted by atomic mass is 9.95. The van der Waals surface area contributed by atoms with Crippen LogP contribution in [0.2, 0.25) is 0 Å². The number of hydrogen-bond donors (Lipinski definition) is 1.